The smallest absolute Gasteiger partial charge is 0.189 e. The third kappa shape index (κ3) is 3.40. The summed E-state index contributed by atoms with van der Waals surface area (Å²) >= 11 is 5.87. The van der Waals surface area contributed by atoms with Crippen LogP contribution in [0.2, 0.25) is 5.02 Å². The molecule has 0 saturated heterocycles. The van der Waals surface area contributed by atoms with Gasteiger partial charge in [0.15, 0.2) is 6.79 Å². The molecule has 1 aliphatic carbocycles. The number of hydrogen-bond donors (Lipinski definition) is 0. The lowest BCUT2D eigenvalue weighted by Gasteiger charge is -2.09. The van der Waals surface area contributed by atoms with E-state index in [4.69, 9.17) is 21.1 Å². The maximum absolute atomic E-state index is 5.87. The SMILES string of the molecule is Cc1ccc(Cl)cc1OCOCC1CC1. The molecule has 1 saturated carbocycles. The molecule has 82 valence electrons. The largest absolute Gasteiger partial charge is 0.467 e. The minimum Gasteiger partial charge on any atom is -0.467 e. The Morgan fingerprint density at radius 3 is 2.93 bits per heavy atom. The van der Waals surface area contributed by atoms with E-state index in [0.717, 1.165) is 23.8 Å². The van der Waals surface area contributed by atoms with Crippen LogP contribution in [0.25, 0.3) is 0 Å². The van der Waals surface area contributed by atoms with Gasteiger partial charge in [0, 0.05) is 5.02 Å². The van der Waals surface area contributed by atoms with Gasteiger partial charge in [-0.25, -0.2) is 0 Å². The summed E-state index contributed by atoms with van der Waals surface area (Å²) in [7, 11) is 0. The average Bonchev–Trinajstić information content (AvgIpc) is 3.01. The maximum Gasteiger partial charge on any atom is 0.189 e. The van der Waals surface area contributed by atoms with Gasteiger partial charge in [0.2, 0.25) is 0 Å². The third-order valence-corrected chi connectivity index (χ3v) is 2.73. The van der Waals surface area contributed by atoms with Crippen molar-refractivity contribution in [1.82, 2.24) is 0 Å². The molecule has 0 unspecified atom stereocenters. The topological polar surface area (TPSA) is 18.5 Å². The van der Waals surface area contributed by atoms with Crippen molar-refractivity contribution < 1.29 is 9.47 Å². The lowest BCUT2D eigenvalue weighted by Crippen LogP contribution is -2.05. The van der Waals surface area contributed by atoms with E-state index in [1.54, 1.807) is 0 Å². The van der Waals surface area contributed by atoms with Crippen molar-refractivity contribution in [3.8, 4) is 5.75 Å². The molecule has 0 atom stereocenters. The molecule has 1 fully saturated rings. The Morgan fingerprint density at radius 1 is 1.40 bits per heavy atom. The molecule has 15 heavy (non-hydrogen) atoms. The highest BCUT2D eigenvalue weighted by atomic mass is 35.5. The van der Waals surface area contributed by atoms with E-state index in [1.807, 2.05) is 25.1 Å². The van der Waals surface area contributed by atoms with Crippen molar-refractivity contribution in [2.75, 3.05) is 13.4 Å². The molecular weight excluding hydrogens is 212 g/mol. The Morgan fingerprint density at radius 2 is 2.20 bits per heavy atom. The van der Waals surface area contributed by atoms with Crippen molar-refractivity contribution in [3.63, 3.8) is 0 Å². The van der Waals surface area contributed by atoms with Gasteiger partial charge >= 0.3 is 0 Å². The molecule has 0 heterocycles. The first-order valence-corrected chi connectivity index (χ1v) is 5.60. The molecule has 0 N–H and O–H groups in total. The molecule has 0 spiro atoms. The monoisotopic (exact) mass is 226 g/mol. The average molecular weight is 227 g/mol. The van der Waals surface area contributed by atoms with Crippen LogP contribution in [0.4, 0.5) is 0 Å². The maximum atomic E-state index is 5.87. The van der Waals surface area contributed by atoms with Gasteiger partial charge in [-0.1, -0.05) is 17.7 Å². The van der Waals surface area contributed by atoms with Gasteiger partial charge in [0.25, 0.3) is 0 Å². The van der Waals surface area contributed by atoms with E-state index in [9.17, 15) is 0 Å². The summed E-state index contributed by atoms with van der Waals surface area (Å²) in [6.07, 6.45) is 2.60. The van der Waals surface area contributed by atoms with Gasteiger partial charge in [-0.2, -0.15) is 0 Å². The fraction of sp³-hybridized carbons (Fsp3) is 0.500. The van der Waals surface area contributed by atoms with Crippen LogP contribution < -0.4 is 4.74 Å². The Bertz CT molecular complexity index is 334. The highest BCUT2D eigenvalue weighted by molar-refractivity contribution is 6.30. The lowest BCUT2D eigenvalue weighted by molar-refractivity contribution is 0.00962. The summed E-state index contributed by atoms with van der Waals surface area (Å²) in [4.78, 5) is 0. The molecule has 0 amide bonds. The van der Waals surface area contributed by atoms with Crippen LogP contribution in [-0.4, -0.2) is 13.4 Å². The molecule has 3 heteroatoms. The zero-order chi connectivity index (χ0) is 10.7. The predicted octanol–water partition coefficient (Wildman–Crippen LogP) is 3.41. The van der Waals surface area contributed by atoms with E-state index >= 15 is 0 Å². The second kappa shape index (κ2) is 4.86. The fourth-order valence-electron chi connectivity index (χ4n) is 1.33. The van der Waals surface area contributed by atoms with E-state index < -0.39 is 0 Å². The van der Waals surface area contributed by atoms with Gasteiger partial charge in [0.1, 0.15) is 5.75 Å². The van der Waals surface area contributed by atoms with Crippen molar-refractivity contribution in [2.24, 2.45) is 5.92 Å². The first-order valence-electron chi connectivity index (χ1n) is 5.22. The summed E-state index contributed by atoms with van der Waals surface area (Å²) < 4.78 is 10.9. The quantitative estimate of drug-likeness (QED) is 0.566. The lowest BCUT2D eigenvalue weighted by atomic mass is 10.2. The van der Waals surface area contributed by atoms with E-state index in [-0.39, 0.29) is 0 Å². The standard InChI is InChI=1S/C12H15ClO2/c1-9-2-5-11(13)6-12(9)15-8-14-7-10-3-4-10/h2,5-6,10H,3-4,7-8H2,1H3. The third-order valence-electron chi connectivity index (χ3n) is 2.50. The second-order valence-corrected chi connectivity index (χ2v) is 4.42. The van der Waals surface area contributed by atoms with Crippen molar-refractivity contribution in [3.05, 3.63) is 28.8 Å². The Labute approximate surface area is 95.1 Å². The summed E-state index contributed by atoms with van der Waals surface area (Å²) in [5.41, 5.74) is 1.08. The Kier molecular flexibility index (Phi) is 3.49. The van der Waals surface area contributed by atoms with Crippen LogP contribution in [0, 0.1) is 12.8 Å². The van der Waals surface area contributed by atoms with Crippen LogP contribution in [-0.2, 0) is 4.74 Å². The molecule has 1 aliphatic rings. The van der Waals surface area contributed by atoms with Crippen molar-refractivity contribution in [2.45, 2.75) is 19.8 Å². The van der Waals surface area contributed by atoms with Crippen LogP contribution in [0.15, 0.2) is 18.2 Å². The van der Waals surface area contributed by atoms with Gasteiger partial charge in [0.05, 0.1) is 6.61 Å². The van der Waals surface area contributed by atoms with E-state index in [1.165, 1.54) is 12.8 Å². The Balaban J connectivity index is 1.78. The molecule has 0 aliphatic heterocycles. The number of halogens is 1. The van der Waals surface area contributed by atoms with Gasteiger partial charge in [-0.3, -0.25) is 0 Å². The minimum atomic E-state index is 0.317. The first-order chi connectivity index (χ1) is 7.25. The number of benzene rings is 1. The second-order valence-electron chi connectivity index (χ2n) is 3.99. The summed E-state index contributed by atoms with van der Waals surface area (Å²) in [6, 6.07) is 5.62. The summed E-state index contributed by atoms with van der Waals surface area (Å²) in [6.45, 7) is 3.13. The number of ether oxygens (including phenoxy) is 2. The molecule has 1 aromatic carbocycles. The molecule has 2 nitrogen and oxygen atoms in total. The molecule has 0 radical (unpaired) electrons. The van der Waals surface area contributed by atoms with Crippen molar-refractivity contribution in [1.29, 1.82) is 0 Å². The van der Waals surface area contributed by atoms with E-state index in [0.29, 0.717) is 11.8 Å². The normalized spacial score (nSPS) is 15.3. The van der Waals surface area contributed by atoms with Crippen LogP contribution in [0.1, 0.15) is 18.4 Å². The van der Waals surface area contributed by atoms with Crippen molar-refractivity contribution >= 4 is 11.6 Å². The zero-order valence-electron chi connectivity index (χ0n) is 8.83. The summed E-state index contributed by atoms with van der Waals surface area (Å²) in [5, 5.41) is 0.692. The molecule has 1 aromatic rings. The molecule has 0 aromatic heterocycles. The number of hydrogen-bond acceptors (Lipinski definition) is 2. The highest BCUT2D eigenvalue weighted by Crippen LogP contribution is 2.29. The van der Waals surface area contributed by atoms with Crippen LogP contribution in [0.3, 0.4) is 0 Å². The molecule has 0 bridgehead atoms. The Hall–Kier alpha value is -0.730. The van der Waals surface area contributed by atoms with Gasteiger partial charge in [-0.15, -0.1) is 0 Å². The minimum absolute atomic E-state index is 0.317. The number of rotatable bonds is 5. The van der Waals surface area contributed by atoms with Gasteiger partial charge in [-0.05, 0) is 43.4 Å². The highest BCUT2D eigenvalue weighted by Gasteiger charge is 2.21. The molecule has 2 rings (SSSR count). The van der Waals surface area contributed by atoms with Crippen LogP contribution >= 0.6 is 11.6 Å². The zero-order valence-corrected chi connectivity index (χ0v) is 9.59. The number of aryl methyl sites for hydroxylation is 1. The van der Waals surface area contributed by atoms with Crippen LogP contribution in [0.5, 0.6) is 5.75 Å². The first kappa shape index (κ1) is 10.8. The van der Waals surface area contributed by atoms with Gasteiger partial charge < -0.3 is 9.47 Å². The fourth-order valence-corrected chi connectivity index (χ4v) is 1.50. The predicted molar refractivity (Wildman–Crippen MR) is 60.4 cm³/mol. The van der Waals surface area contributed by atoms with E-state index in [2.05, 4.69) is 0 Å². The molecular formula is C12H15ClO2. The summed E-state index contributed by atoms with van der Waals surface area (Å²) in [5.74, 6) is 1.58.